The second-order valence-corrected chi connectivity index (χ2v) is 5.48. The van der Waals surface area contributed by atoms with Crippen LogP contribution in [0, 0.1) is 0 Å². The molecule has 0 radical (unpaired) electrons. The van der Waals surface area contributed by atoms with E-state index in [4.69, 9.17) is 0 Å². The molecule has 0 saturated heterocycles. The molecule has 2 aliphatic carbocycles. The zero-order chi connectivity index (χ0) is 12.6. The summed E-state index contributed by atoms with van der Waals surface area (Å²) in [7, 11) is 0. The van der Waals surface area contributed by atoms with E-state index < -0.39 is 0 Å². The Balaban J connectivity index is 2.09. The van der Waals surface area contributed by atoms with Crippen molar-refractivity contribution < 1.29 is 4.79 Å². The van der Waals surface area contributed by atoms with Gasteiger partial charge in [-0.15, -0.1) is 0 Å². The molecule has 1 heteroatoms. The molecule has 2 bridgehead atoms. The van der Waals surface area contributed by atoms with E-state index >= 15 is 0 Å². The maximum Gasteiger partial charge on any atom is 0.150 e. The van der Waals surface area contributed by atoms with Gasteiger partial charge >= 0.3 is 0 Å². The SMILES string of the molecule is O=Cc1cc2ccc1CCCCCCCCCC2. The largest absolute Gasteiger partial charge is 0.298 e. The third-order valence-corrected chi connectivity index (χ3v) is 4.00. The topological polar surface area (TPSA) is 17.1 Å². The van der Waals surface area contributed by atoms with Crippen LogP contribution in [0.4, 0.5) is 0 Å². The highest BCUT2D eigenvalue weighted by atomic mass is 16.1. The zero-order valence-corrected chi connectivity index (χ0v) is 11.3. The molecule has 0 aliphatic heterocycles. The monoisotopic (exact) mass is 244 g/mol. The zero-order valence-electron chi connectivity index (χ0n) is 11.3. The Labute approximate surface area is 111 Å². The first-order chi connectivity index (χ1) is 8.90. The predicted octanol–water partition coefficient (Wildman–Crippen LogP) is 4.72. The van der Waals surface area contributed by atoms with E-state index in [0.717, 1.165) is 24.7 Å². The predicted molar refractivity (Wildman–Crippen MR) is 76.2 cm³/mol. The smallest absolute Gasteiger partial charge is 0.150 e. The molecule has 2 aliphatic rings. The molecule has 0 unspecified atom stereocenters. The summed E-state index contributed by atoms with van der Waals surface area (Å²) in [5, 5.41) is 0. The van der Waals surface area contributed by atoms with Crippen LogP contribution < -0.4 is 0 Å². The average Bonchev–Trinajstić information content (AvgIpc) is 2.41. The lowest BCUT2D eigenvalue weighted by Gasteiger charge is -2.09. The summed E-state index contributed by atoms with van der Waals surface area (Å²) < 4.78 is 0. The fourth-order valence-corrected chi connectivity index (χ4v) is 2.84. The minimum absolute atomic E-state index is 0.921. The van der Waals surface area contributed by atoms with Gasteiger partial charge in [-0.25, -0.2) is 0 Å². The van der Waals surface area contributed by atoms with Crippen LogP contribution >= 0.6 is 0 Å². The summed E-state index contributed by atoms with van der Waals surface area (Å²) in [6.45, 7) is 0. The number of benzene rings is 1. The van der Waals surface area contributed by atoms with Gasteiger partial charge in [-0.3, -0.25) is 4.79 Å². The molecular weight excluding hydrogens is 220 g/mol. The lowest BCUT2D eigenvalue weighted by Crippen LogP contribution is -1.97. The number of hydrogen-bond donors (Lipinski definition) is 0. The van der Waals surface area contributed by atoms with Gasteiger partial charge in [-0.05, 0) is 42.9 Å². The van der Waals surface area contributed by atoms with E-state index in [2.05, 4.69) is 18.2 Å². The van der Waals surface area contributed by atoms with Crippen molar-refractivity contribution in [2.24, 2.45) is 0 Å². The number of carbonyl (C=O) groups is 1. The van der Waals surface area contributed by atoms with Crippen LogP contribution in [0.15, 0.2) is 18.2 Å². The van der Waals surface area contributed by atoms with Crippen LogP contribution in [0.3, 0.4) is 0 Å². The number of fused-ring (bicyclic) bond motifs is 11. The molecular formula is C17H24O. The van der Waals surface area contributed by atoms with Gasteiger partial charge in [0.1, 0.15) is 6.29 Å². The van der Waals surface area contributed by atoms with Crippen molar-refractivity contribution in [3.05, 3.63) is 34.9 Å². The fourth-order valence-electron chi connectivity index (χ4n) is 2.84. The van der Waals surface area contributed by atoms with E-state index in [-0.39, 0.29) is 0 Å². The molecule has 98 valence electrons. The van der Waals surface area contributed by atoms with Gasteiger partial charge in [-0.2, -0.15) is 0 Å². The minimum atomic E-state index is 0.921. The lowest BCUT2D eigenvalue weighted by molar-refractivity contribution is 0.112. The van der Waals surface area contributed by atoms with E-state index in [1.54, 1.807) is 0 Å². The highest BCUT2D eigenvalue weighted by molar-refractivity contribution is 5.77. The molecule has 3 rings (SSSR count). The highest BCUT2D eigenvalue weighted by Gasteiger charge is 2.04. The maximum atomic E-state index is 11.2. The van der Waals surface area contributed by atoms with Gasteiger partial charge in [0.15, 0.2) is 0 Å². The third-order valence-electron chi connectivity index (χ3n) is 4.00. The van der Waals surface area contributed by atoms with Crippen LogP contribution in [0.2, 0.25) is 0 Å². The van der Waals surface area contributed by atoms with Gasteiger partial charge in [0, 0.05) is 5.56 Å². The summed E-state index contributed by atoms with van der Waals surface area (Å²) in [5.41, 5.74) is 3.49. The number of aryl methyl sites for hydroxylation is 2. The van der Waals surface area contributed by atoms with Crippen LogP contribution in [0.5, 0.6) is 0 Å². The van der Waals surface area contributed by atoms with Crippen molar-refractivity contribution >= 4 is 6.29 Å². The van der Waals surface area contributed by atoms with Crippen LogP contribution in [0.25, 0.3) is 0 Å². The second-order valence-electron chi connectivity index (χ2n) is 5.48. The Hall–Kier alpha value is -1.11. The molecule has 0 spiro atoms. The number of rotatable bonds is 1. The van der Waals surface area contributed by atoms with Crippen molar-refractivity contribution in [1.82, 2.24) is 0 Å². The summed E-state index contributed by atoms with van der Waals surface area (Å²) >= 11 is 0. The van der Waals surface area contributed by atoms with Crippen molar-refractivity contribution in [2.45, 2.75) is 64.2 Å². The molecule has 18 heavy (non-hydrogen) atoms. The van der Waals surface area contributed by atoms with E-state index in [0.29, 0.717) is 0 Å². The van der Waals surface area contributed by atoms with Gasteiger partial charge in [-0.1, -0.05) is 50.7 Å². The Morgan fingerprint density at radius 1 is 0.778 bits per heavy atom. The quantitative estimate of drug-likeness (QED) is 0.653. The molecule has 0 amide bonds. The van der Waals surface area contributed by atoms with Crippen molar-refractivity contribution in [1.29, 1.82) is 0 Å². The standard InChI is InChI=1S/C17H24O/c18-14-17-13-15-9-7-5-3-1-2-4-6-8-10-16(17)12-11-15/h11-14H,1-10H2. The molecule has 1 nitrogen and oxygen atoms in total. The van der Waals surface area contributed by atoms with E-state index in [1.165, 1.54) is 62.5 Å². The second kappa shape index (κ2) is 7.35. The molecule has 0 N–H and O–H groups in total. The molecule has 0 heterocycles. The summed E-state index contributed by atoms with van der Waals surface area (Å²) in [6.07, 6.45) is 13.9. The Bertz CT molecular complexity index is 381. The molecule has 0 atom stereocenters. The maximum absolute atomic E-state index is 11.2. The average molecular weight is 244 g/mol. The first kappa shape index (κ1) is 13.3. The Morgan fingerprint density at radius 2 is 1.39 bits per heavy atom. The molecule has 1 aromatic carbocycles. The molecule has 0 saturated carbocycles. The molecule has 0 fully saturated rings. The van der Waals surface area contributed by atoms with Gasteiger partial charge in [0.2, 0.25) is 0 Å². The highest BCUT2D eigenvalue weighted by Crippen LogP contribution is 2.18. The lowest BCUT2D eigenvalue weighted by atomic mass is 9.96. The summed E-state index contributed by atoms with van der Waals surface area (Å²) in [6, 6.07) is 6.49. The van der Waals surface area contributed by atoms with E-state index in [9.17, 15) is 4.79 Å². The number of aldehydes is 1. The van der Waals surface area contributed by atoms with Crippen LogP contribution in [0.1, 0.15) is 72.9 Å². The Kier molecular flexibility index (Phi) is 5.44. The third kappa shape index (κ3) is 3.97. The van der Waals surface area contributed by atoms with Crippen LogP contribution in [-0.4, -0.2) is 6.29 Å². The fraction of sp³-hybridized carbons (Fsp3) is 0.588. The minimum Gasteiger partial charge on any atom is -0.298 e. The van der Waals surface area contributed by atoms with Gasteiger partial charge in [0.25, 0.3) is 0 Å². The van der Waals surface area contributed by atoms with E-state index in [1.807, 2.05) is 0 Å². The first-order valence-electron chi connectivity index (χ1n) is 7.47. The normalized spacial score (nSPS) is 18.2. The van der Waals surface area contributed by atoms with Crippen molar-refractivity contribution in [3.8, 4) is 0 Å². The number of hydrogen-bond acceptors (Lipinski definition) is 1. The van der Waals surface area contributed by atoms with Gasteiger partial charge < -0.3 is 0 Å². The first-order valence-corrected chi connectivity index (χ1v) is 7.47. The summed E-state index contributed by atoms with van der Waals surface area (Å²) in [5.74, 6) is 0. The molecule has 0 aromatic heterocycles. The summed E-state index contributed by atoms with van der Waals surface area (Å²) in [4.78, 5) is 11.2. The van der Waals surface area contributed by atoms with Crippen LogP contribution in [-0.2, 0) is 12.8 Å². The Morgan fingerprint density at radius 3 is 2.06 bits per heavy atom. The number of carbonyl (C=O) groups excluding carboxylic acids is 1. The van der Waals surface area contributed by atoms with Crippen molar-refractivity contribution in [2.75, 3.05) is 0 Å². The van der Waals surface area contributed by atoms with Crippen molar-refractivity contribution in [3.63, 3.8) is 0 Å². The molecule has 1 aromatic rings. The van der Waals surface area contributed by atoms with Gasteiger partial charge in [0.05, 0.1) is 0 Å².